The van der Waals surface area contributed by atoms with Crippen molar-refractivity contribution >= 4 is 54.2 Å². The van der Waals surface area contributed by atoms with Crippen LogP contribution in [0.4, 0.5) is 0 Å². The zero-order valence-electron chi connectivity index (χ0n) is 9.89. The topological polar surface area (TPSA) is 56.0 Å². The Balaban J connectivity index is 1.85. The summed E-state index contributed by atoms with van der Waals surface area (Å²) < 4.78 is 4.08. The smallest absolute Gasteiger partial charge is 0.217 e. The Morgan fingerprint density at radius 2 is 1.90 bits per heavy atom. The van der Waals surface area contributed by atoms with Crippen LogP contribution in [0.2, 0.25) is 0 Å². The Morgan fingerprint density at radius 3 is 2.75 bits per heavy atom. The van der Waals surface area contributed by atoms with Gasteiger partial charge in [-0.2, -0.15) is 0 Å². The van der Waals surface area contributed by atoms with Crippen LogP contribution in [0, 0.1) is 0 Å². The first kappa shape index (κ1) is 12.2. The Morgan fingerprint density at radius 1 is 1.10 bits per heavy atom. The zero-order valence-corrected chi connectivity index (χ0v) is 13.1. The number of rotatable bonds is 2. The van der Waals surface area contributed by atoms with Crippen molar-refractivity contribution in [3.63, 3.8) is 0 Å². The molecule has 8 heteroatoms. The lowest BCUT2D eigenvalue weighted by atomic mass is 10.3. The summed E-state index contributed by atoms with van der Waals surface area (Å²) in [6.45, 7) is 0. The molecule has 0 bridgehead atoms. The molecule has 0 aliphatic heterocycles. The van der Waals surface area contributed by atoms with Crippen LogP contribution >= 0.6 is 39.0 Å². The van der Waals surface area contributed by atoms with Crippen molar-refractivity contribution in [2.45, 2.75) is 10.3 Å². The van der Waals surface area contributed by atoms with E-state index in [-0.39, 0.29) is 0 Å². The molecule has 20 heavy (non-hydrogen) atoms. The second-order valence-corrected chi connectivity index (χ2v) is 6.82. The van der Waals surface area contributed by atoms with Gasteiger partial charge in [-0.3, -0.25) is 4.40 Å². The molecule has 0 aliphatic rings. The molecule has 0 unspecified atom stereocenters. The predicted molar refractivity (Wildman–Crippen MR) is 82.2 cm³/mol. The molecule has 0 amide bonds. The van der Waals surface area contributed by atoms with Crippen molar-refractivity contribution in [2.75, 3.05) is 0 Å². The third-order valence-corrected chi connectivity index (χ3v) is 4.95. The normalized spacial score (nSPS) is 11.4. The van der Waals surface area contributed by atoms with Crippen LogP contribution in [0.15, 0.2) is 51.4 Å². The van der Waals surface area contributed by atoms with E-state index in [1.807, 2.05) is 16.5 Å². The number of aromatic nitrogens is 5. The molecule has 3 aromatic heterocycles. The molecule has 0 N–H and O–H groups in total. The molecule has 4 rings (SSSR count). The summed E-state index contributed by atoms with van der Waals surface area (Å²) in [6.07, 6.45) is 3.44. The first-order valence-corrected chi connectivity index (χ1v) is 8.12. The summed E-state index contributed by atoms with van der Waals surface area (Å²) in [5, 5.41) is 9.86. The number of fused-ring (bicyclic) bond motifs is 3. The summed E-state index contributed by atoms with van der Waals surface area (Å²) in [4.78, 5) is 9.38. The largest absolute Gasteiger partial charge is 0.260 e. The van der Waals surface area contributed by atoms with Crippen molar-refractivity contribution in [1.29, 1.82) is 0 Å². The van der Waals surface area contributed by atoms with E-state index in [0.717, 1.165) is 20.1 Å². The van der Waals surface area contributed by atoms with Crippen molar-refractivity contribution < 1.29 is 0 Å². The summed E-state index contributed by atoms with van der Waals surface area (Å²) >= 11 is 6.35. The van der Waals surface area contributed by atoms with E-state index in [0.29, 0.717) is 5.16 Å². The highest BCUT2D eigenvalue weighted by molar-refractivity contribution is 9.10. The average Bonchev–Trinajstić information content (AvgIpc) is 3.01. The highest BCUT2D eigenvalue weighted by atomic mass is 79.9. The molecule has 5 nitrogen and oxygen atoms in total. The predicted octanol–water partition coefficient (Wildman–Crippen LogP) is 3.65. The molecule has 0 spiro atoms. The first-order chi connectivity index (χ1) is 9.81. The second kappa shape index (κ2) is 4.80. The van der Waals surface area contributed by atoms with E-state index in [9.17, 15) is 0 Å². The molecular formula is C12H6BrN5S2. The van der Waals surface area contributed by atoms with Crippen LogP contribution < -0.4 is 0 Å². The van der Waals surface area contributed by atoms with Gasteiger partial charge in [0.05, 0.1) is 14.7 Å². The minimum absolute atomic E-state index is 0.651. The van der Waals surface area contributed by atoms with E-state index in [1.165, 1.54) is 16.5 Å². The molecule has 0 fully saturated rings. The van der Waals surface area contributed by atoms with Crippen LogP contribution in [0.3, 0.4) is 0 Å². The van der Waals surface area contributed by atoms with Gasteiger partial charge in [0.1, 0.15) is 0 Å². The van der Waals surface area contributed by atoms with Gasteiger partial charge in [0.25, 0.3) is 0 Å². The van der Waals surface area contributed by atoms with Gasteiger partial charge < -0.3 is 0 Å². The monoisotopic (exact) mass is 363 g/mol. The average molecular weight is 364 g/mol. The third kappa shape index (κ3) is 2.00. The fourth-order valence-electron chi connectivity index (χ4n) is 1.86. The summed E-state index contributed by atoms with van der Waals surface area (Å²) in [5.74, 6) is 0. The van der Waals surface area contributed by atoms with Crippen molar-refractivity contribution in [2.24, 2.45) is 0 Å². The molecular weight excluding hydrogens is 358 g/mol. The summed E-state index contributed by atoms with van der Waals surface area (Å²) in [5.41, 5.74) is 1.11. The fourth-order valence-corrected chi connectivity index (χ4v) is 3.82. The molecule has 0 saturated carbocycles. The maximum atomic E-state index is 4.25. The van der Waals surface area contributed by atoms with Crippen LogP contribution in [0.25, 0.3) is 15.2 Å². The van der Waals surface area contributed by atoms with Crippen molar-refractivity contribution in [1.82, 2.24) is 24.6 Å². The summed E-state index contributed by atoms with van der Waals surface area (Å²) in [6, 6.07) is 8.18. The maximum Gasteiger partial charge on any atom is 0.217 e. The molecule has 0 aliphatic carbocycles. The van der Waals surface area contributed by atoms with Gasteiger partial charge in [0.2, 0.25) is 10.1 Å². The fraction of sp³-hybridized carbons (Fsp3) is 0. The zero-order chi connectivity index (χ0) is 13.5. The van der Waals surface area contributed by atoms with Crippen molar-refractivity contribution in [3.8, 4) is 0 Å². The number of para-hydroxylation sites is 1. The highest BCUT2D eigenvalue weighted by Gasteiger charge is 2.14. The molecule has 0 radical (unpaired) electrons. The molecule has 98 valence electrons. The quantitative estimate of drug-likeness (QED) is 0.508. The highest BCUT2D eigenvalue weighted by Crippen LogP contribution is 2.31. The second-order valence-electron chi connectivity index (χ2n) is 3.96. The minimum Gasteiger partial charge on any atom is -0.260 e. The Labute approximate surface area is 130 Å². The van der Waals surface area contributed by atoms with Crippen LogP contribution in [-0.4, -0.2) is 24.6 Å². The van der Waals surface area contributed by atoms with Gasteiger partial charge in [0.15, 0.2) is 5.16 Å². The SMILES string of the molecule is Brc1cnc(Sc2nnc3sc4ccccc4n23)nc1. The molecule has 1 aromatic carbocycles. The van der Waals surface area contributed by atoms with Gasteiger partial charge in [0, 0.05) is 12.4 Å². The molecule has 3 heterocycles. The Hall–Kier alpha value is -1.51. The number of thiazole rings is 1. The van der Waals surface area contributed by atoms with Gasteiger partial charge in [-0.1, -0.05) is 23.5 Å². The van der Waals surface area contributed by atoms with E-state index >= 15 is 0 Å². The Kier molecular flexibility index (Phi) is 2.94. The van der Waals surface area contributed by atoms with E-state index < -0.39 is 0 Å². The van der Waals surface area contributed by atoms with Gasteiger partial charge in [-0.05, 0) is 39.8 Å². The summed E-state index contributed by atoms with van der Waals surface area (Å²) in [7, 11) is 0. The van der Waals surface area contributed by atoms with Crippen LogP contribution in [0.1, 0.15) is 0 Å². The Bertz CT molecular complexity index is 899. The number of nitrogens with zero attached hydrogens (tertiary/aromatic N) is 5. The van der Waals surface area contributed by atoms with Gasteiger partial charge in [-0.25, -0.2) is 9.97 Å². The van der Waals surface area contributed by atoms with E-state index in [4.69, 9.17) is 0 Å². The molecule has 0 saturated heterocycles. The van der Waals surface area contributed by atoms with Gasteiger partial charge in [-0.15, -0.1) is 10.2 Å². The third-order valence-electron chi connectivity index (χ3n) is 2.69. The van der Waals surface area contributed by atoms with Crippen LogP contribution in [-0.2, 0) is 0 Å². The number of benzene rings is 1. The number of halogens is 1. The molecule has 0 atom stereocenters. The minimum atomic E-state index is 0.651. The maximum absolute atomic E-state index is 4.25. The van der Waals surface area contributed by atoms with Gasteiger partial charge >= 0.3 is 0 Å². The number of hydrogen-bond donors (Lipinski definition) is 0. The lowest BCUT2D eigenvalue weighted by Gasteiger charge is -1.98. The van der Waals surface area contributed by atoms with E-state index in [1.54, 1.807) is 23.7 Å². The first-order valence-electron chi connectivity index (χ1n) is 5.69. The lowest BCUT2D eigenvalue weighted by Crippen LogP contribution is -1.89. The van der Waals surface area contributed by atoms with Crippen LogP contribution in [0.5, 0.6) is 0 Å². The van der Waals surface area contributed by atoms with Crippen molar-refractivity contribution in [3.05, 3.63) is 41.1 Å². The molecule has 4 aromatic rings. The number of hydrogen-bond acceptors (Lipinski definition) is 6. The lowest BCUT2D eigenvalue weighted by molar-refractivity contribution is 0.910. The van der Waals surface area contributed by atoms with E-state index in [2.05, 4.69) is 48.2 Å². The standard InChI is InChI=1S/C12H6BrN5S2/c13-7-5-14-10(15-6-7)20-12-17-16-11-18(12)8-3-1-2-4-9(8)19-11/h1-6H.